The third kappa shape index (κ3) is 9.18. The van der Waals surface area contributed by atoms with Gasteiger partial charge in [0.2, 0.25) is 35.4 Å². The van der Waals surface area contributed by atoms with E-state index in [1.807, 2.05) is 6.92 Å². The molecule has 4 N–H and O–H groups in total. The van der Waals surface area contributed by atoms with Gasteiger partial charge < -0.3 is 40.5 Å². The monoisotopic (exact) mass is 696 g/mol. The molecule has 1 aromatic rings. The van der Waals surface area contributed by atoms with Crippen molar-refractivity contribution in [1.29, 1.82) is 0 Å². The summed E-state index contributed by atoms with van der Waals surface area (Å²) in [5, 5.41) is 17.7. The van der Waals surface area contributed by atoms with Crippen molar-refractivity contribution in [2.24, 2.45) is 0 Å². The van der Waals surface area contributed by atoms with Crippen LogP contribution in [0.3, 0.4) is 0 Å². The van der Waals surface area contributed by atoms with Gasteiger partial charge >= 0.3 is 5.97 Å². The predicted octanol–water partition coefficient (Wildman–Crippen LogP) is 0.151. The van der Waals surface area contributed by atoms with E-state index in [1.54, 1.807) is 18.2 Å². The summed E-state index contributed by atoms with van der Waals surface area (Å²) < 4.78 is 5.61. The van der Waals surface area contributed by atoms with Gasteiger partial charge in [-0.1, -0.05) is 31.6 Å². The maximum Gasteiger partial charge on any atom is 0.328 e. The number of allylic oxidation sites excluding steroid dienone is 1. The second-order valence-corrected chi connectivity index (χ2v) is 13.0. The maximum absolute atomic E-state index is 14.2. The van der Waals surface area contributed by atoms with Crippen LogP contribution in [0.25, 0.3) is 0 Å². The number of benzene rings is 1. The summed E-state index contributed by atoms with van der Waals surface area (Å²) >= 11 is 0. The number of ether oxygens (including phenoxy) is 1. The highest BCUT2D eigenvalue weighted by Crippen LogP contribution is 2.23. The average molecular weight is 697 g/mol. The minimum Gasteiger partial charge on any atom is -0.508 e. The highest BCUT2D eigenvalue weighted by Gasteiger charge is 2.43. The first-order chi connectivity index (χ1) is 23.8. The lowest BCUT2D eigenvalue weighted by Gasteiger charge is -2.34. The molecule has 0 aromatic heterocycles. The molecule has 3 aliphatic heterocycles. The second-order valence-electron chi connectivity index (χ2n) is 13.0. The minimum absolute atomic E-state index is 0.00702. The van der Waals surface area contributed by atoms with Crippen molar-refractivity contribution < 1.29 is 43.4 Å². The number of rotatable bonds is 8. The first-order valence-electron chi connectivity index (χ1n) is 17.2. The largest absolute Gasteiger partial charge is 0.508 e. The van der Waals surface area contributed by atoms with Crippen LogP contribution in [-0.4, -0.2) is 124 Å². The van der Waals surface area contributed by atoms with E-state index in [0.29, 0.717) is 37.7 Å². The van der Waals surface area contributed by atoms with Gasteiger partial charge in [0.05, 0.1) is 0 Å². The Kier molecular flexibility index (Phi) is 13.0. The first kappa shape index (κ1) is 37.9. The molecule has 0 radical (unpaired) electrons. The van der Waals surface area contributed by atoms with Crippen LogP contribution < -0.4 is 16.0 Å². The SMILES string of the molecule is CCCC=CC(=O)N[C@H](Cc1ccc(O)cc1)C(=O)N[C@H]1COC(=O)[C@@H]2CCCN2C(=O)[C@H](C)NC(=O)[C@H](C)N(C)C(=O)[C@@H]2CCCN2C1=O. The Morgan fingerprint density at radius 2 is 1.62 bits per heavy atom. The number of hydrogen-bond acceptors (Lipinski definition) is 9. The molecule has 272 valence electrons. The Labute approximate surface area is 291 Å². The molecule has 0 unspecified atom stereocenters. The number of nitrogens with zero attached hydrogens (tertiary/aromatic N) is 3. The van der Waals surface area contributed by atoms with Gasteiger partial charge in [0.15, 0.2) is 0 Å². The zero-order valence-corrected chi connectivity index (χ0v) is 29.1. The quantitative estimate of drug-likeness (QED) is 0.216. The van der Waals surface area contributed by atoms with Gasteiger partial charge in [-0.25, -0.2) is 4.79 Å². The number of cyclic esters (lactones) is 1. The van der Waals surface area contributed by atoms with Crippen molar-refractivity contribution in [2.75, 3.05) is 26.7 Å². The van der Waals surface area contributed by atoms with Crippen molar-refractivity contribution in [1.82, 2.24) is 30.7 Å². The molecule has 0 spiro atoms. The third-order valence-corrected chi connectivity index (χ3v) is 9.41. The molecule has 0 bridgehead atoms. The number of aromatic hydroxyl groups is 1. The van der Waals surface area contributed by atoms with E-state index in [2.05, 4.69) is 16.0 Å². The van der Waals surface area contributed by atoms with E-state index in [4.69, 9.17) is 4.74 Å². The summed E-state index contributed by atoms with van der Waals surface area (Å²) in [4.78, 5) is 98.3. The number of carbonyl (C=O) groups excluding carboxylic acids is 7. The van der Waals surface area contributed by atoms with Crippen LogP contribution in [0.15, 0.2) is 36.4 Å². The van der Waals surface area contributed by atoms with E-state index < -0.39 is 84.3 Å². The molecule has 4 rings (SSSR count). The van der Waals surface area contributed by atoms with Crippen molar-refractivity contribution in [3.8, 4) is 5.75 Å². The fourth-order valence-corrected chi connectivity index (χ4v) is 6.37. The molecule has 3 heterocycles. The van der Waals surface area contributed by atoms with E-state index in [1.165, 1.54) is 53.8 Å². The summed E-state index contributed by atoms with van der Waals surface area (Å²) in [5.41, 5.74) is 0.614. The van der Waals surface area contributed by atoms with Crippen LogP contribution in [0.4, 0.5) is 0 Å². The number of fused-ring (bicyclic) bond motifs is 2. The summed E-state index contributed by atoms with van der Waals surface area (Å²) in [6, 6.07) is -0.401. The number of phenols is 1. The number of nitrogens with one attached hydrogen (secondary N) is 3. The molecule has 3 aliphatic rings. The van der Waals surface area contributed by atoms with Crippen LogP contribution in [-0.2, 0) is 44.7 Å². The number of carbonyl (C=O) groups is 7. The van der Waals surface area contributed by atoms with E-state index >= 15 is 0 Å². The third-order valence-electron chi connectivity index (χ3n) is 9.41. The van der Waals surface area contributed by atoms with Gasteiger partial charge in [-0.05, 0) is 69.7 Å². The Bertz CT molecular complexity index is 1480. The zero-order valence-electron chi connectivity index (χ0n) is 29.1. The minimum atomic E-state index is -1.45. The predicted molar refractivity (Wildman–Crippen MR) is 180 cm³/mol. The molecule has 50 heavy (non-hydrogen) atoms. The number of amides is 6. The van der Waals surface area contributed by atoms with Crippen LogP contribution in [0.2, 0.25) is 0 Å². The maximum atomic E-state index is 14.2. The van der Waals surface area contributed by atoms with Gasteiger partial charge in [0.1, 0.15) is 48.6 Å². The number of phenolic OH excluding ortho intramolecular Hbond substituents is 1. The molecule has 1 aromatic carbocycles. The number of unbranched alkanes of at least 4 members (excludes halogenated alkanes) is 1. The Morgan fingerprint density at radius 3 is 2.28 bits per heavy atom. The van der Waals surface area contributed by atoms with E-state index in [-0.39, 0.29) is 25.3 Å². The molecule has 3 fully saturated rings. The van der Waals surface area contributed by atoms with Crippen molar-refractivity contribution in [2.45, 2.75) is 102 Å². The highest BCUT2D eigenvalue weighted by molar-refractivity contribution is 5.98. The average Bonchev–Trinajstić information content (AvgIpc) is 3.79. The van der Waals surface area contributed by atoms with Crippen molar-refractivity contribution in [3.63, 3.8) is 0 Å². The Hall–Kier alpha value is -4.95. The highest BCUT2D eigenvalue weighted by atomic mass is 16.5. The molecule has 3 saturated heterocycles. The van der Waals surface area contributed by atoms with Crippen molar-refractivity contribution in [3.05, 3.63) is 42.0 Å². The van der Waals surface area contributed by atoms with Crippen LogP contribution in [0, 0.1) is 0 Å². The molecule has 0 aliphatic carbocycles. The summed E-state index contributed by atoms with van der Waals surface area (Å²) in [5.74, 6) is -4.26. The van der Waals surface area contributed by atoms with Crippen LogP contribution in [0.5, 0.6) is 5.75 Å². The lowest BCUT2D eigenvalue weighted by atomic mass is 10.0. The standard InChI is InChI=1S/C35H48N6O9/c1-5-6-7-12-29(43)37-25(19-23-13-15-24(42)16-14-23)31(45)38-26-20-50-35(49)28-11-9-18-41(28)32(46)21(2)36-30(44)22(3)39(4)34(48)27-10-8-17-40(27)33(26)47/h7,12-16,21-22,25-28,42H,5-6,8-11,17-20H2,1-4H3,(H,36,44)(H,37,43)(H,38,45)/t21-,22-,25+,26-,27-,28-/m0/s1. The first-order valence-corrected chi connectivity index (χ1v) is 17.2. The van der Waals surface area contributed by atoms with E-state index in [9.17, 15) is 38.7 Å². The molecule has 15 nitrogen and oxygen atoms in total. The van der Waals surface area contributed by atoms with Crippen molar-refractivity contribution >= 4 is 41.4 Å². The molecule has 6 atom stereocenters. The van der Waals surface area contributed by atoms with Gasteiger partial charge in [-0.2, -0.15) is 0 Å². The van der Waals surface area contributed by atoms with Gasteiger partial charge in [0, 0.05) is 26.6 Å². The molecular formula is C35H48N6O9. The van der Waals surface area contributed by atoms with Crippen LogP contribution >= 0.6 is 0 Å². The Morgan fingerprint density at radius 1 is 0.980 bits per heavy atom. The van der Waals surface area contributed by atoms with E-state index in [0.717, 1.165) is 6.42 Å². The normalized spacial score (nSPS) is 26.0. The fourth-order valence-electron chi connectivity index (χ4n) is 6.37. The number of hydrogen-bond donors (Lipinski definition) is 4. The van der Waals surface area contributed by atoms with Gasteiger partial charge in [-0.3, -0.25) is 28.8 Å². The van der Waals surface area contributed by atoms with Gasteiger partial charge in [-0.15, -0.1) is 0 Å². The molecule has 15 heteroatoms. The van der Waals surface area contributed by atoms with Crippen LogP contribution in [0.1, 0.15) is 64.9 Å². The second kappa shape index (κ2) is 17.1. The Balaban J connectivity index is 1.65. The summed E-state index contributed by atoms with van der Waals surface area (Å²) in [6.07, 6.45) is 6.09. The molecule has 6 amide bonds. The number of likely N-dealkylation sites (N-methyl/N-ethyl adjacent to an activating group) is 1. The zero-order chi connectivity index (χ0) is 36.5. The smallest absolute Gasteiger partial charge is 0.328 e. The number of esters is 1. The lowest BCUT2D eigenvalue weighted by Crippen LogP contribution is -2.60. The van der Waals surface area contributed by atoms with Gasteiger partial charge in [0.25, 0.3) is 0 Å². The molecular weight excluding hydrogens is 648 g/mol. The lowest BCUT2D eigenvalue weighted by molar-refractivity contribution is -0.158. The fraction of sp³-hybridized carbons (Fsp3) is 0.571. The summed E-state index contributed by atoms with van der Waals surface area (Å²) in [6.45, 7) is 4.84. The summed E-state index contributed by atoms with van der Waals surface area (Å²) in [7, 11) is 1.45. The topological polar surface area (TPSA) is 195 Å². The molecule has 0 saturated carbocycles.